The van der Waals surface area contributed by atoms with E-state index in [0.29, 0.717) is 12.3 Å². The van der Waals surface area contributed by atoms with Gasteiger partial charge in [0.05, 0.1) is 5.60 Å². The number of ether oxygens (including phenoxy) is 1. The molecule has 1 atom stereocenters. The number of urea groups is 1. The number of rotatable bonds is 7. The van der Waals surface area contributed by atoms with Gasteiger partial charge in [-0.1, -0.05) is 12.1 Å². The minimum Gasteiger partial charge on any atom is -0.375 e. The van der Waals surface area contributed by atoms with Crippen molar-refractivity contribution < 1.29 is 9.53 Å². The molecule has 1 aromatic carbocycles. The summed E-state index contributed by atoms with van der Waals surface area (Å²) in [7, 11) is 0. The van der Waals surface area contributed by atoms with E-state index >= 15 is 0 Å². The average Bonchev–Trinajstić information content (AvgIpc) is 2.36. The minimum atomic E-state index is -0.553. The largest absolute Gasteiger partial charge is 0.375 e. The number of primary amides is 1. The molecule has 0 fully saturated rings. The third-order valence-corrected chi connectivity index (χ3v) is 3.05. The van der Waals surface area contributed by atoms with Crippen LogP contribution in [0, 0.1) is 0 Å². The van der Waals surface area contributed by atoms with E-state index in [0.717, 1.165) is 12.1 Å². The van der Waals surface area contributed by atoms with Crippen molar-refractivity contribution in [2.24, 2.45) is 5.73 Å². The number of nitrogens with two attached hydrogens (primary N) is 1. The lowest BCUT2D eigenvalue weighted by atomic mass is 10.1. The first kappa shape index (κ1) is 16.5. The van der Waals surface area contributed by atoms with Crippen molar-refractivity contribution in [3.05, 3.63) is 29.8 Å². The summed E-state index contributed by atoms with van der Waals surface area (Å²) in [5.74, 6) is 0. The van der Waals surface area contributed by atoms with E-state index in [-0.39, 0.29) is 11.6 Å². The van der Waals surface area contributed by atoms with Crippen LogP contribution >= 0.6 is 0 Å². The lowest BCUT2D eigenvalue weighted by molar-refractivity contribution is -0.0103. The van der Waals surface area contributed by atoms with Crippen molar-refractivity contribution in [2.75, 3.05) is 18.5 Å². The van der Waals surface area contributed by atoms with Gasteiger partial charge in [0.15, 0.2) is 0 Å². The van der Waals surface area contributed by atoms with Crippen LogP contribution in [0.5, 0.6) is 0 Å². The van der Waals surface area contributed by atoms with Crippen LogP contribution in [-0.4, -0.2) is 24.8 Å². The summed E-state index contributed by atoms with van der Waals surface area (Å²) in [5, 5.41) is 5.99. The number of anilines is 1. The predicted molar refractivity (Wildman–Crippen MR) is 81.8 cm³/mol. The highest BCUT2D eigenvalue weighted by atomic mass is 16.5. The Morgan fingerprint density at radius 2 is 1.95 bits per heavy atom. The Morgan fingerprint density at radius 3 is 2.45 bits per heavy atom. The van der Waals surface area contributed by atoms with Crippen LogP contribution in [0.15, 0.2) is 24.3 Å². The fraction of sp³-hybridized carbons (Fsp3) is 0.533. The Balaban J connectivity index is 2.55. The van der Waals surface area contributed by atoms with Gasteiger partial charge in [-0.15, -0.1) is 0 Å². The molecule has 0 bridgehead atoms. The quantitative estimate of drug-likeness (QED) is 0.718. The summed E-state index contributed by atoms with van der Waals surface area (Å²) >= 11 is 0. The monoisotopic (exact) mass is 279 g/mol. The van der Waals surface area contributed by atoms with Crippen molar-refractivity contribution in [1.82, 2.24) is 5.32 Å². The molecule has 1 rings (SSSR count). The van der Waals surface area contributed by atoms with Gasteiger partial charge in [0.2, 0.25) is 0 Å². The molecule has 5 nitrogen and oxygen atoms in total. The summed E-state index contributed by atoms with van der Waals surface area (Å²) in [6.45, 7) is 9.69. The maximum Gasteiger partial charge on any atom is 0.316 e. The summed E-state index contributed by atoms with van der Waals surface area (Å²) in [4.78, 5) is 10.7. The van der Waals surface area contributed by atoms with Gasteiger partial charge in [0, 0.05) is 24.9 Å². The van der Waals surface area contributed by atoms with Crippen LogP contribution in [0.2, 0.25) is 0 Å². The molecule has 0 saturated carbocycles. The molecule has 0 heterocycles. The highest BCUT2D eigenvalue weighted by Crippen LogP contribution is 2.17. The van der Waals surface area contributed by atoms with Gasteiger partial charge >= 0.3 is 6.03 Å². The second-order valence-electron chi connectivity index (χ2n) is 5.41. The molecule has 0 radical (unpaired) electrons. The number of hydrogen-bond donors (Lipinski definition) is 3. The number of carbonyl (C=O) groups excluding carboxylic acids is 1. The summed E-state index contributed by atoms with van der Waals surface area (Å²) < 4.78 is 5.65. The average molecular weight is 279 g/mol. The minimum absolute atomic E-state index is 0.184. The number of hydrogen-bond acceptors (Lipinski definition) is 3. The molecule has 0 spiro atoms. The summed E-state index contributed by atoms with van der Waals surface area (Å²) in [6.07, 6.45) is 0. The van der Waals surface area contributed by atoms with Crippen molar-refractivity contribution in [3.63, 3.8) is 0 Å². The van der Waals surface area contributed by atoms with Gasteiger partial charge in [-0.3, -0.25) is 0 Å². The third-order valence-electron chi connectivity index (χ3n) is 3.05. The van der Waals surface area contributed by atoms with E-state index in [4.69, 9.17) is 10.5 Å². The molecule has 0 saturated heterocycles. The van der Waals surface area contributed by atoms with E-state index in [2.05, 4.69) is 31.4 Å². The van der Waals surface area contributed by atoms with Crippen molar-refractivity contribution in [3.8, 4) is 0 Å². The summed E-state index contributed by atoms with van der Waals surface area (Å²) in [6, 6.07) is 7.27. The molecular weight excluding hydrogens is 254 g/mol. The van der Waals surface area contributed by atoms with E-state index in [9.17, 15) is 4.79 Å². The first-order chi connectivity index (χ1) is 9.34. The molecule has 0 aliphatic rings. The van der Waals surface area contributed by atoms with E-state index in [1.54, 1.807) is 0 Å². The fourth-order valence-corrected chi connectivity index (χ4v) is 1.96. The number of nitrogens with one attached hydrogen (secondary N) is 2. The van der Waals surface area contributed by atoms with Crippen LogP contribution in [-0.2, 0) is 4.74 Å². The number of benzene rings is 1. The second-order valence-corrected chi connectivity index (χ2v) is 5.41. The lowest BCUT2D eigenvalue weighted by Crippen LogP contribution is -2.38. The molecule has 4 N–H and O–H groups in total. The maximum absolute atomic E-state index is 10.7. The van der Waals surface area contributed by atoms with Crippen LogP contribution in [0.25, 0.3) is 0 Å². The Hall–Kier alpha value is -1.59. The van der Waals surface area contributed by atoms with Crippen LogP contribution in [0.1, 0.15) is 39.3 Å². The highest BCUT2D eigenvalue weighted by Gasteiger charge is 2.18. The highest BCUT2D eigenvalue weighted by molar-refractivity contribution is 5.87. The summed E-state index contributed by atoms with van der Waals surface area (Å²) in [5.41, 5.74) is 6.73. The van der Waals surface area contributed by atoms with E-state index in [1.807, 2.05) is 31.2 Å². The molecule has 2 amide bonds. The SMILES string of the molecule is CCOC(C)(C)CNC(C)c1ccc(NC(N)=O)cc1. The molecule has 5 heteroatoms. The van der Waals surface area contributed by atoms with E-state index in [1.165, 1.54) is 0 Å². The van der Waals surface area contributed by atoms with E-state index < -0.39 is 6.03 Å². The first-order valence-electron chi connectivity index (χ1n) is 6.88. The maximum atomic E-state index is 10.7. The Morgan fingerprint density at radius 1 is 1.35 bits per heavy atom. The fourth-order valence-electron chi connectivity index (χ4n) is 1.96. The van der Waals surface area contributed by atoms with Gasteiger partial charge in [0.25, 0.3) is 0 Å². The molecule has 20 heavy (non-hydrogen) atoms. The Bertz CT molecular complexity index is 429. The van der Waals surface area contributed by atoms with Crippen molar-refractivity contribution in [1.29, 1.82) is 0 Å². The molecule has 0 aliphatic heterocycles. The van der Waals surface area contributed by atoms with Crippen LogP contribution < -0.4 is 16.4 Å². The van der Waals surface area contributed by atoms with Gasteiger partial charge in [-0.05, 0) is 45.4 Å². The van der Waals surface area contributed by atoms with Crippen LogP contribution in [0.4, 0.5) is 10.5 Å². The Kier molecular flexibility index (Phi) is 5.98. The van der Waals surface area contributed by atoms with Crippen molar-refractivity contribution in [2.45, 2.75) is 39.3 Å². The lowest BCUT2D eigenvalue weighted by Gasteiger charge is -2.27. The van der Waals surface area contributed by atoms with Gasteiger partial charge < -0.3 is 21.1 Å². The smallest absolute Gasteiger partial charge is 0.316 e. The van der Waals surface area contributed by atoms with Gasteiger partial charge in [0.1, 0.15) is 0 Å². The number of carbonyl (C=O) groups is 1. The standard InChI is InChI=1S/C15H25N3O2/c1-5-20-15(3,4)10-17-11(2)12-6-8-13(9-7-12)18-14(16)19/h6-9,11,17H,5,10H2,1-4H3,(H3,16,18,19). The molecular formula is C15H25N3O2. The topological polar surface area (TPSA) is 76.4 Å². The first-order valence-corrected chi connectivity index (χ1v) is 6.88. The third kappa shape index (κ3) is 5.59. The zero-order valence-corrected chi connectivity index (χ0v) is 12.7. The van der Waals surface area contributed by atoms with Gasteiger partial charge in [-0.2, -0.15) is 0 Å². The molecule has 112 valence electrons. The number of amides is 2. The van der Waals surface area contributed by atoms with Crippen molar-refractivity contribution >= 4 is 11.7 Å². The molecule has 1 aromatic rings. The zero-order valence-electron chi connectivity index (χ0n) is 12.7. The van der Waals surface area contributed by atoms with Crippen LogP contribution in [0.3, 0.4) is 0 Å². The predicted octanol–water partition coefficient (Wildman–Crippen LogP) is 2.64. The molecule has 0 aliphatic carbocycles. The molecule has 0 aromatic heterocycles. The zero-order chi connectivity index (χ0) is 15.2. The normalized spacial score (nSPS) is 13.0. The molecule has 1 unspecified atom stereocenters. The second kappa shape index (κ2) is 7.26. The Labute approximate surface area is 120 Å². The van der Waals surface area contributed by atoms with Gasteiger partial charge in [-0.25, -0.2) is 4.79 Å².